The first-order valence-corrected chi connectivity index (χ1v) is 15.4. The Balaban J connectivity index is 0.000000598. The largest absolute Gasteiger partial charge is 0.479 e. The molecule has 1 atom stereocenters. The molecule has 11 nitrogen and oxygen atoms in total. The summed E-state index contributed by atoms with van der Waals surface area (Å²) >= 11 is 6.00. The van der Waals surface area contributed by atoms with Crippen molar-refractivity contribution in [1.29, 1.82) is 0 Å². The molecule has 1 aromatic heterocycles. The maximum atomic E-state index is 13.7. The number of carboxylic acids is 1. The van der Waals surface area contributed by atoms with Gasteiger partial charge in [0.05, 0.1) is 5.52 Å². The number of nitrogens with two attached hydrogens (primary N) is 1. The molecule has 4 rings (SSSR count). The number of nitrogens with one attached hydrogen (secondary N) is 1. The van der Waals surface area contributed by atoms with E-state index in [0.717, 1.165) is 45.2 Å². The fourth-order valence-electron chi connectivity index (χ4n) is 5.72. The van der Waals surface area contributed by atoms with Crippen molar-refractivity contribution in [1.82, 2.24) is 14.8 Å². The molecule has 3 amide bonds. The standard InChI is InChI=1S/C28H31ClN2O6.C5H10N2O/c1-5-6-7-8-15-28(27(35)36,30-18(3)32)25-17(2)31(26(34)20-9-11-21(29)12-10-20)24-14-13-22(16-23(24)25)37-19(4)33;6-5(8)7-3-1-2-4-7/h9-14,16H,5-8,15H2,1-4H3,(H,30,32)(H,35,36);1-4H2,(H2,6,8). The van der Waals surface area contributed by atoms with Crippen molar-refractivity contribution in [3.05, 3.63) is 64.3 Å². The fourth-order valence-corrected chi connectivity index (χ4v) is 5.85. The number of ether oxygens (including phenoxy) is 1. The molecule has 1 aliphatic heterocycles. The van der Waals surface area contributed by atoms with Gasteiger partial charge in [0.2, 0.25) is 5.91 Å². The number of carbonyl (C=O) groups is 5. The molecule has 45 heavy (non-hydrogen) atoms. The molecule has 242 valence electrons. The highest BCUT2D eigenvalue weighted by Gasteiger charge is 2.45. The molecule has 1 saturated heterocycles. The van der Waals surface area contributed by atoms with Crippen LogP contribution in [0.15, 0.2) is 42.5 Å². The number of rotatable bonds is 10. The molecule has 1 aliphatic rings. The van der Waals surface area contributed by atoms with Crippen LogP contribution in [0.1, 0.15) is 87.3 Å². The number of unbranched alkanes of at least 4 members (excludes halogenated alkanes) is 3. The van der Waals surface area contributed by atoms with E-state index >= 15 is 0 Å². The second-order valence-corrected chi connectivity index (χ2v) is 11.6. The van der Waals surface area contributed by atoms with Crippen LogP contribution in [0.5, 0.6) is 5.75 Å². The van der Waals surface area contributed by atoms with Gasteiger partial charge in [-0.15, -0.1) is 0 Å². The molecule has 0 radical (unpaired) electrons. The number of benzene rings is 2. The van der Waals surface area contributed by atoms with Gasteiger partial charge in [0.15, 0.2) is 5.54 Å². The Labute approximate surface area is 267 Å². The summed E-state index contributed by atoms with van der Waals surface area (Å²) in [5, 5.41) is 14.1. The molecule has 1 unspecified atom stereocenters. The number of carboxylic acid groups (broad SMARTS) is 1. The predicted molar refractivity (Wildman–Crippen MR) is 171 cm³/mol. The van der Waals surface area contributed by atoms with Crippen LogP contribution in [-0.4, -0.2) is 57.4 Å². The zero-order chi connectivity index (χ0) is 33.3. The Bertz CT molecular complexity index is 1560. The Morgan fingerprint density at radius 1 is 1.00 bits per heavy atom. The van der Waals surface area contributed by atoms with E-state index in [0.29, 0.717) is 33.6 Å². The summed E-state index contributed by atoms with van der Waals surface area (Å²) in [5.41, 5.74) is 4.59. The second kappa shape index (κ2) is 15.6. The van der Waals surface area contributed by atoms with Crippen molar-refractivity contribution >= 4 is 52.3 Å². The van der Waals surface area contributed by atoms with Gasteiger partial charge in [0.1, 0.15) is 5.75 Å². The van der Waals surface area contributed by atoms with Gasteiger partial charge in [-0.3, -0.25) is 19.0 Å². The number of likely N-dealkylation sites (tertiary alicyclic amines) is 1. The first-order valence-electron chi connectivity index (χ1n) is 15.0. The van der Waals surface area contributed by atoms with Crippen LogP contribution in [0.3, 0.4) is 0 Å². The first kappa shape index (κ1) is 35.1. The quantitative estimate of drug-likeness (QED) is 0.144. The molecule has 1 fully saturated rings. The van der Waals surface area contributed by atoms with E-state index in [1.165, 1.54) is 24.5 Å². The SMILES string of the molecule is CCCCCCC(NC(C)=O)(C(=O)O)c1c(C)n(C(=O)c2ccc(Cl)cc2)c2ccc(OC(C)=O)cc12.NC(=O)N1CCCC1. The first-order chi connectivity index (χ1) is 21.3. The van der Waals surface area contributed by atoms with Crippen molar-refractivity contribution < 1.29 is 33.8 Å². The number of carbonyl (C=O) groups excluding carboxylic acids is 4. The molecule has 3 aromatic rings. The van der Waals surface area contributed by atoms with Gasteiger partial charge < -0.3 is 25.8 Å². The summed E-state index contributed by atoms with van der Waals surface area (Å²) in [5.74, 6) is -2.49. The van der Waals surface area contributed by atoms with E-state index in [4.69, 9.17) is 22.1 Å². The van der Waals surface area contributed by atoms with Gasteiger partial charge in [-0.2, -0.15) is 0 Å². The third kappa shape index (κ3) is 8.42. The van der Waals surface area contributed by atoms with Gasteiger partial charge in [0.25, 0.3) is 5.91 Å². The second-order valence-electron chi connectivity index (χ2n) is 11.1. The Kier molecular flexibility index (Phi) is 12.1. The molecule has 0 bridgehead atoms. The van der Waals surface area contributed by atoms with E-state index in [2.05, 4.69) is 12.2 Å². The lowest BCUT2D eigenvalue weighted by atomic mass is 9.82. The fraction of sp³-hybridized carbons (Fsp3) is 0.424. The molecule has 2 aromatic carbocycles. The number of aliphatic carboxylic acids is 1. The maximum absolute atomic E-state index is 13.7. The van der Waals surface area contributed by atoms with Crippen molar-refractivity contribution in [3.63, 3.8) is 0 Å². The van der Waals surface area contributed by atoms with Gasteiger partial charge in [-0.05, 0) is 68.7 Å². The zero-order valence-electron chi connectivity index (χ0n) is 26.2. The Hall–Kier alpha value is -4.38. The van der Waals surface area contributed by atoms with Crippen molar-refractivity contribution in [2.24, 2.45) is 5.73 Å². The van der Waals surface area contributed by atoms with Crippen molar-refractivity contribution in [3.8, 4) is 5.75 Å². The summed E-state index contributed by atoms with van der Waals surface area (Å²) < 4.78 is 6.70. The van der Waals surface area contributed by atoms with Crippen LogP contribution in [0.2, 0.25) is 5.02 Å². The minimum absolute atomic E-state index is 0.120. The number of esters is 1. The minimum Gasteiger partial charge on any atom is -0.479 e. The maximum Gasteiger partial charge on any atom is 0.334 e. The van der Waals surface area contributed by atoms with E-state index < -0.39 is 29.3 Å². The molecule has 12 heteroatoms. The van der Waals surface area contributed by atoms with E-state index in [9.17, 15) is 29.1 Å². The predicted octanol–water partition coefficient (Wildman–Crippen LogP) is 5.76. The molecule has 0 saturated carbocycles. The number of hydrogen-bond acceptors (Lipinski definition) is 6. The summed E-state index contributed by atoms with van der Waals surface area (Å²) in [6.45, 7) is 7.94. The Morgan fingerprint density at radius 3 is 2.16 bits per heavy atom. The number of fused-ring (bicyclic) bond motifs is 1. The topological polar surface area (TPSA) is 161 Å². The third-order valence-electron chi connectivity index (χ3n) is 7.74. The number of aromatic nitrogens is 1. The van der Waals surface area contributed by atoms with E-state index in [1.807, 2.05) is 0 Å². The molecular weight excluding hydrogens is 600 g/mol. The average molecular weight is 641 g/mol. The van der Waals surface area contributed by atoms with Gasteiger partial charge in [-0.1, -0.05) is 44.2 Å². The van der Waals surface area contributed by atoms with E-state index in [1.54, 1.807) is 48.2 Å². The number of nitrogens with zero attached hydrogens (tertiary/aromatic N) is 2. The van der Waals surface area contributed by atoms with Gasteiger partial charge >= 0.3 is 18.0 Å². The monoisotopic (exact) mass is 640 g/mol. The van der Waals surface area contributed by atoms with Gasteiger partial charge in [0, 0.05) is 54.2 Å². The van der Waals surface area contributed by atoms with Crippen molar-refractivity contribution in [2.45, 2.75) is 78.2 Å². The molecule has 4 N–H and O–H groups in total. The molecule has 0 aliphatic carbocycles. The highest BCUT2D eigenvalue weighted by atomic mass is 35.5. The lowest BCUT2D eigenvalue weighted by Gasteiger charge is -2.31. The number of halogens is 1. The summed E-state index contributed by atoms with van der Waals surface area (Å²) in [6.07, 6.45) is 5.55. The molecular formula is C33H41ClN4O7. The summed E-state index contributed by atoms with van der Waals surface area (Å²) in [6, 6.07) is 10.8. The Morgan fingerprint density at radius 2 is 1.64 bits per heavy atom. The van der Waals surface area contributed by atoms with Crippen LogP contribution >= 0.6 is 11.6 Å². The van der Waals surface area contributed by atoms with Crippen LogP contribution in [0.4, 0.5) is 4.79 Å². The highest BCUT2D eigenvalue weighted by Crippen LogP contribution is 2.40. The smallest absolute Gasteiger partial charge is 0.334 e. The van der Waals surface area contributed by atoms with Crippen LogP contribution in [0.25, 0.3) is 10.9 Å². The highest BCUT2D eigenvalue weighted by molar-refractivity contribution is 6.30. The molecule has 0 spiro atoms. The van der Waals surface area contributed by atoms with Crippen LogP contribution in [-0.2, 0) is 19.9 Å². The van der Waals surface area contributed by atoms with Gasteiger partial charge in [-0.25, -0.2) is 9.59 Å². The number of hydrogen-bond donors (Lipinski definition) is 3. The summed E-state index contributed by atoms with van der Waals surface area (Å²) in [4.78, 5) is 62.6. The van der Waals surface area contributed by atoms with Crippen LogP contribution < -0.4 is 15.8 Å². The minimum atomic E-state index is -1.80. The third-order valence-corrected chi connectivity index (χ3v) is 7.99. The number of primary amides is 1. The number of amides is 3. The normalized spacial score (nSPS) is 13.8. The lowest BCUT2D eigenvalue weighted by molar-refractivity contribution is -0.148. The van der Waals surface area contributed by atoms with Crippen molar-refractivity contribution in [2.75, 3.05) is 13.1 Å². The summed E-state index contributed by atoms with van der Waals surface area (Å²) in [7, 11) is 0. The lowest BCUT2D eigenvalue weighted by Crippen LogP contribution is -2.51. The molecule has 2 heterocycles. The van der Waals surface area contributed by atoms with E-state index in [-0.39, 0.29) is 23.8 Å². The zero-order valence-corrected chi connectivity index (χ0v) is 26.9. The number of urea groups is 1. The average Bonchev–Trinajstić information content (AvgIpc) is 3.61. The van der Waals surface area contributed by atoms with Crippen LogP contribution in [0, 0.1) is 6.92 Å².